The lowest BCUT2D eigenvalue weighted by atomic mass is 9.97. The number of para-hydroxylation sites is 1. The Morgan fingerprint density at radius 1 is 0.409 bits per heavy atom. The maximum absolute atomic E-state index is 6.78. The van der Waals surface area contributed by atoms with Crippen molar-refractivity contribution in [1.29, 1.82) is 0 Å². The molecule has 2 heteroatoms. The van der Waals surface area contributed by atoms with Crippen molar-refractivity contribution in [3.8, 4) is 11.1 Å². The molecule has 1 aromatic heterocycles. The summed E-state index contributed by atoms with van der Waals surface area (Å²) in [6.07, 6.45) is 0. The molecule has 0 amide bonds. The lowest BCUT2D eigenvalue weighted by Crippen LogP contribution is -2.10. The summed E-state index contributed by atoms with van der Waals surface area (Å²) in [5, 5.41) is 9.50. The molecule has 0 spiro atoms. The van der Waals surface area contributed by atoms with Crippen LogP contribution in [0.5, 0.6) is 0 Å². The summed E-state index contributed by atoms with van der Waals surface area (Å²) < 4.78 is 6.78. The standard InChI is InChI=1S/C42H27NO/c1-3-11-28(12-4-1)36-18-10-20-39-41(36)37-25-23-30-14-9-19-38(40(30)42(37)44-39)43(32-15-5-2-6-16-32)33-24-26-35-31(27-33)22-21-29-13-7-8-17-34(29)35/h1-27H. The fraction of sp³-hybridized carbons (Fsp3) is 0. The molecule has 8 aromatic carbocycles. The smallest absolute Gasteiger partial charge is 0.145 e. The first kappa shape index (κ1) is 24.7. The molecule has 0 bridgehead atoms. The van der Waals surface area contributed by atoms with E-state index in [0.29, 0.717) is 0 Å². The Kier molecular flexibility index (Phi) is 5.54. The van der Waals surface area contributed by atoms with Crippen molar-refractivity contribution < 1.29 is 4.42 Å². The molecule has 0 unspecified atom stereocenters. The van der Waals surface area contributed by atoms with E-state index in [2.05, 4.69) is 169 Å². The van der Waals surface area contributed by atoms with E-state index in [0.717, 1.165) is 49.8 Å². The quantitative estimate of drug-likeness (QED) is 0.199. The van der Waals surface area contributed by atoms with Crippen LogP contribution in [0.1, 0.15) is 0 Å². The largest absolute Gasteiger partial charge is 0.455 e. The predicted octanol–water partition coefficient (Wildman–Crippen LogP) is 12.2. The molecule has 0 aliphatic rings. The van der Waals surface area contributed by atoms with Crippen molar-refractivity contribution in [2.45, 2.75) is 0 Å². The van der Waals surface area contributed by atoms with E-state index in [1.807, 2.05) is 0 Å². The van der Waals surface area contributed by atoms with Gasteiger partial charge in [0.05, 0.1) is 5.69 Å². The van der Waals surface area contributed by atoms with Gasteiger partial charge < -0.3 is 9.32 Å². The van der Waals surface area contributed by atoms with Gasteiger partial charge in [0.15, 0.2) is 0 Å². The minimum Gasteiger partial charge on any atom is -0.455 e. The zero-order chi connectivity index (χ0) is 29.0. The molecule has 2 nitrogen and oxygen atoms in total. The number of hydrogen-bond donors (Lipinski definition) is 0. The van der Waals surface area contributed by atoms with Crippen LogP contribution >= 0.6 is 0 Å². The first-order valence-corrected chi connectivity index (χ1v) is 15.0. The van der Waals surface area contributed by atoms with Crippen LogP contribution in [0.2, 0.25) is 0 Å². The number of nitrogens with zero attached hydrogens (tertiary/aromatic N) is 1. The Balaban J connectivity index is 1.33. The molecule has 0 saturated heterocycles. The van der Waals surface area contributed by atoms with Crippen LogP contribution < -0.4 is 4.90 Å². The van der Waals surface area contributed by atoms with E-state index in [9.17, 15) is 0 Å². The number of hydrogen-bond acceptors (Lipinski definition) is 2. The van der Waals surface area contributed by atoms with Crippen LogP contribution in [0.25, 0.3) is 65.4 Å². The number of anilines is 3. The zero-order valence-electron chi connectivity index (χ0n) is 23.9. The van der Waals surface area contributed by atoms with Gasteiger partial charge in [-0.2, -0.15) is 0 Å². The van der Waals surface area contributed by atoms with Gasteiger partial charge in [-0.1, -0.05) is 121 Å². The van der Waals surface area contributed by atoms with Gasteiger partial charge in [-0.15, -0.1) is 0 Å². The summed E-state index contributed by atoms with van der Waals surface area (Å²) >= 11 is 0. The molecule has 0 aliphatic heterocycles. The van der Waals surface area contributed by atoms with E-state index in [1.54, 1.807) is 0 Å². The average Bonchev–Trinajstić information content (AvgIpc) is 3.48. The van der Waals surface area contributed by atoms with Gasteiger partial charge in [-0.05, 0) is 80.5 Å². The highest BCUT2D eigenvalue weighted by Gasteiger charge is 2.21. The lowest BCUT2D eigenvalue weighted by molar-refractivity contribution is 0.673. The molecule has 0 N–H and O–H groups in total. The zero-order valence-corrected chi connectivity index (χ0v) is 23.9. The van der Waals surface area contributed by atoms with E-state index >= 15 is 0 Å². The van der Waals surface area contributed by atoms with Crippen LogP contribution in [0.3, 0.4) is 0 Å². The number of benzene rings is 8. The highest BCUT2D eigenvalue weighted by atomic mass is 16.3. The van der Waals surface area contributed by atoms with Crippen LogP contribution in [0, 0.1) is 0 Å². The molecule has 9 aromatic rings. The van der Waals surface area contributed by atoms with Gasteiger partial charge in [0, 0.05) is 27.5 Å². The minimum absolute atomic E-state index is 0.896. The lowest BCUT2D eigenvalue weighted by Gasteiger charge is -2.27. The fourth-order valence-corrected chi connectivity index (χ4v) is 6.82. The summed E-state index contributed by atoms with van der Waals surface area (Å²) in [5.74, 6) is 0. The van der Waals surface area contributed by atoms with Crippen LogP contribution in [-0.4, -0.2) is 0 Å². The second-order valence-electron chi connectivity index (χ2n) is 11.3. The maximum atomic E-state index is 6.78. The molecular formula is C42H27NO. The second kappa shape index (κ2) is 9.86. The number of rotatable bonds is 4. The van der Waals surface area contributed by atoms with Gasteiger partial charge in [-0.25, -0.2) is 0 Å². The van der Waals surface area contributed by atoms with Crippen molar-refractivity contribution >= 4 is 71.3 Å². The highest BCUT2D eigenvalue weighted by molar-refractivity contribution is 6.22. The molecule has 0 radical (unpaired) electrons. The van der Waals surface area contributed by atoms with Gasteiger partial charge in [-0.3, -0.25) is 0 Å². The van der Waals surface area contributed by atoms with Gasteiger partial charge >= 0.3 is 0 Å². The molecule has 0 aliphatic carbocycles. The monoisotopic (exact) mass is 561 g/mol. The third kappa shape index (κ3) is 3.82. The summed E-state index contributed by atoms with van der Waals surface area (Å²) in [5.41, 5.74) is 7.45. The molecule has 1 heterocycles. The van der Waals surface area contributed by atoms with Crippen molar-refractivity contribution in [2.75, 3.05) is 4.90 Å². The summed E-state index contributed by atoms with van der Waals surface area (Å²) in [6.45, 7) is 0. The average molecular weight is 562 g/mol. The molecule has 9 rings (SSSR count). The molecule has 0 atom stereocenters. The fourth-order valence-electron chi connectivity index (χ4n) is 6.82. The first-order valence-electron chi connectivity index (χ1n) is 15.0. The molecule has 44 heavy (non-hydrogen) atoms. The predicted molar refractivity (Wildman–Crippen MR) is 186 cm³/mol. The molecule has 0 saturated carbocycles. The van der Waals surface area contributed by atoms with E-state index < -0.39 is 0 Å². The van der Waals surface area contributed by atoms with Crippen LogP contribution in [0.15, 0.2) is 168 Å². The highest BCUT2D eigenvalue weighted by Crippen LogP contribution is 2.45. The van der Waals surface area contributed by atoms with E-state index in [-0.39, 0.29) is 0 Å². The van der Waals surface area contributed by atoms with Gasteiger partial charge in [0.2, 0.25) is 0 Å². The van der Waals surface area contributed by atoms with Crippen LogP contribution in [-0.2, 0) is 0 Å². The Bertz CT molecular complexity index is 2490. The molecule has 0 fully saturated rings. The number of fused-ring (bicyclic) bond motifs is 8. The third-order valence-corrected chi connectivity index (χ3v) is 8.81. The van der Waals surface area contributed by atoms with E-state index in [4.69, 9.17) is 4.42 Å². The Hall–Kier alpha value is -5.86. The molecular weight excluding hydrogens is 534 g/mol. The second-order valence-corrected chi connectivity index (χ2v) is 11.3. The summed E-state index contributed by atoms with van der Waals surface area (Å²) in [6, 6.07) is 58.4. The van der Waals surface area contributed by atoms with E-state index in [1.165, 1.54) is 32.7 Å². The minimum atomic E-state index is 0.896. The first-order chi connectivity index (χ1) is 21.8. The van der Waals surface area contributed by atoms with Crippen molar-refractivity contribution in [3.05, 3.63) is 164 Å². The Morgan fingerprint density at radius 3 is 1.98 bits per heavy atom. The van der Waals surface area contributed by atoms with Gasteiger partial charge in [0.1, 0.15) is 11.2 Å². The van der Waals surface area contributed by atoms with Gasteiger partial charge in [0.25, 0.3) is 0 Å². The summed E-state index contributed by atoms with van der Waals surface area (Å²) in [4.78, 5) is 2.36. The SMILES string of the molecule is c1ccc(-c2cccc3oc4c(ccc5cccc(N(c6ccccc6)c6ccc7c(ccc8ccccc87)c6)c54)c23)cc1. The van der Waals surface area contributed by atoms with Crippen molar-refractivity contribution in [3.63, 3.8) is 0 Å². The number of furan rings is 1. The Morgan fingerprint density at radius 2 is 1.09 bits per heavy atom. The van der Waals surface area contributed by atoms with Crippen LogP contribution in [0.4, 0.5) is 17.1 Å². The topological polar surface area (TPSA) is 16.4 Å². The van der Waals surface area contributed by atoms with Crippen molar-refractivity contribution in [2.24, 2.45) is 0 Å². The normalized spacial score (nSPS) is 11.6. The third-order valence-electron chi connectivity index (χ3n) is 8.81. The maximum Gasteiger partial charge on any atom is 0.145 e. The summed E-state index contributed by atoms with van der Waals surface area (Å²) in [7, 11) is 0. The van der Waals surface area contributed by atoms with Crippen molar-refractivity contribution in [1.82, 2.24) is 0 Å². The Labute approximate surface area is 255 Å². The molecule has 206 valence electrons.